The SMILES string of the molecule is CC(CNc1ccc(Nc2ncnc3ccccc23)cc1)N1Cc2cc(-c3ccc(N4CCNCC4)cc3)ccc2C1=O. The number of fused-ring (bicyclic) bond motifs is 2. The van der Waals surface area contributed by atoms with E-state index in [1.54, 1.807) is 6.33 Å². The van der Waals surface area contributed by atoms with Crippen LogP contribution >= 0.6 is 0 Å². The van der Waals surface area contributed by atoms with Crippen LogP contribution in [-0.2, 0) is 6.54 Å². The van der Waals surface area contributed by atoms with E-state index in [-0.39, 0.29) is 11.9 Å². The molecule has 3 N–H and O–H groups in total. The normalized spacial score (nSPS) is 15.4. The lowest BCUT2D eigenvalue weighted by molar-refractivity contribution is 0.0726. The van der Waals surface area contributed by atoms with E-state index in [1.807, 2.05) is 59.5 Å². The minimum atomic E-state index is 0.0341. The zero-order chi connectivity index (χ0) is 29.2. The first kappa shape index (κ1) is 26.9. The van der Waals surface area contributed by atoms with E-state index >= 15 is 0 Å². The van der Waals surface area contributed by atoms with Crippen LogP contribution < -0.4 is 20.9 Å². The quantitative estimate of drug-likeness (QED) is 0.214. The van der Waals surface area contributed by atoms with Gasteiger partial charge in [-0.05, 0) is 84.3 Å². The van der Waals surface area contributed by atoms with Crippen LogP contribution in [-0.4, -0.2) is 59.5 Å². The topological polar surface area (TPSA) is 85.4 Å². The highest BCUT2D eigenvalue weighted by molar-refractivity contribution is 5.99. The second kappa shape index (κ2) is 11.7. The van der Waals surface area contributed by atoms with Crippen molar-refractivity contribution in [3.8, 4) is 11.1 Å². The van der Waals surface area contributed by atoms with E-state index in [9.17, 15) is 4.79 Å². The third-order valence-corrected chi connectivity index (χ3v) is 8.44. The Morgan fingerprint density at radius 1 is 0.860 bits per heavy atom. The van der Waals surface area contributed by atoms with Crippen LogP contribution in [0.2, 0.25) is 0 Å². The first-order valence-corrected chi connectivity index (χ1v) is 14.9. The van der Waals surface area contributed by atoms with E-state index in [2.05, 4.69) is 74.1 Å². The Bertz CT molecular complexity index is 1740. The van der Waals surface area contributed by atoms with E-state index in [1.165, 1.54) is 11.3 Å². The lowest BCUT2D eigenvalue weighted by Gasteiger charge is -2.29. The van der Waals surface area contributed by atoms with E-state index in [0.29, 0.717) is 13.1 Å². The van der Waals surface area contributed by atoms with Gasteiger partial charge in [-0.25, -0.2) is 9.97 Å². The fourth-order valence-corrected chi connectivity index (χ4v) is 5.95. The molecule has 43 heavy (non-hydrogen) atoms. The van der Waals surface area contributed by atoms with Crippen molar-refractivity contribution in [1.82, 2.24) is 20.2 Å². The number of piperazine rings is 1. The number of hydrogen-bond donors (Lipinski definition) is 3. The Morgan fingerprint density at radius 2 is 1.60 bits per heavy atom. The third kappa shape index (κ3) is 5.61. The number of nitrogens with one attached hydrogen (secondary N) is 3. The lowest BCUT2D eigenvalue weighted by atomic mass is 10.00. The molecule has 1 amide bonds. The molecule has 0 bridgehead atoms. The van der Waals surface area contributed by atoms with Gasteiger partial charge in [-0.2, -0.15) is 0 Å². The molecule has 1 aromatic heterocycles. The molecule has 7 rings (SSSR count). The molecule has 1 saturated heterocycles. The van der Waals surface area contributed by atoms with Gasteiger partial charge in [0, 0.05) is 73.3 Å². The van der Waals surface area contributed by atoms with Crippen molar-refractivity contribution in [3.05, 3.63) is 108 Å². The summed E-state index contributed by atoms with van der Waals surface area (Å²) in [5.74, 6) is 0.879. The Kier molecular flexibility index (Phi) is 7.35. The van der Waals surface area contributed by atoms with Gasteiger partial charge in [0.2, 0.25) is 0 Å². The Balaban J connectivity index is 0.966. The van der Waals surface area contributed by atoms with Crippen LogP contribution in [0.1, 0.15) is 22.8 Å². The van der Waals surface area contributed by atoms with E-state index < -0.39 is 0 Å². The smallest absolute Gasteiger partial charge is 0.254 e. The fourth-order valence-electron chi connectivity index (χ4n) is 5.95. The summed E-state index contributed by atoms with van der Waals surface area (Å²) in [5, 5.41) is 11.3. The molecular formula is C35H35N7O. The number of rotatable bonds is 8. The predicted molar refractivity (Wildman–Crippen MR) is 174 cm³/mol. The van der Waals surface area contributed by atoms with Crippen molar-refractivity contribution in [2.45, 2.75) is 19.5 Å². The van der Waals surface area contributed by atoms with Crippen molar-refractivity contribution >= 4 is 39.7 Å². The van der Waals surface area contributed by atoms with E-state index in [4.69, 9.17) is 0 Å². The van der Waals surface area contributed by atoms with Gasteiger partial charge in [0.25, 0.3) is 5.91 Å². The fraction of sp³-hybridized carbons (Fsp3) is 0.229. The average Bonchev–Trinajstić information content (AvgIpc) is 3.40. The van der Waals surface area contributed by atoms with Crippen molar-refractivity contribution in [2.24, 2.45) is 0 Å². The Labute approximate surface area is 251 Å². The van der Waals surface area contributed by atoms with Gasteiger partial charge in [0.05, 0.1) is 5.52 Å². The minimum Gasteiger partial charge on any atom is -0.383 e. The number of aromatic nitrogens is 2. The standard InChI is InChI=1S/C35H35N7O/c1-24(21-37-28-9-11-29(12-10-28)40-34-32-4-2-3-5-33(32)38-23-39-34)42-22-27-20-26(8-15-31(27)35(42)43)25-6-13-30(14-7-25)41-18-16-36-17-19-41/h2-15,20,23-24,36-37H,16-19,21-22H2,1H3,(H,38,39,40). The molecule has 2 aliphatic rings. The third-order valence-electron chi connectivity index (χ3n) is 8.44. The molecule has 3 heterocycles. The van der Waals surface area contributed by atoms with Gasteiger partial charge in [-0.3, -0.25) is 4.79 Å². The summed E-state index contributed by atoms with van der Waals surface area (Å²) in [6, 6.07) is 31.2. The second-order valence-corrected chi connectivity index (χ2v) is 11.3. The molecule has 5 aromatic rings. The van der Waals surface area contributed by atoms with Crippen LogP contribution in [0.5, 0.6) is 0 Å². The largest absolute Gasteiger partial charge is 0.383 e. The predicted octanol–water partition coefficient (Wildman–Crippen LogP) is 5.91. The molecule has 0 spiro atoms. The maximum absolute atomic E-state index is 13.3. The van der Waals surface area contributed by atoms with Crippen molar-refractivity contribution in [2.75, 3.05) is 48.3 Å². The van der Waals surface area contributed by atoms with Crippen molar-refractivity contribution in [3.63, 3.8) is 0 Å². The van der Waals surface area contributed by atoms with Gasteiger partial charge in [0.1, 0.15) is 12.1 Å². The molecule has 4 aromatic carbocycles. The summed E-state index contributed by atoms with van der Waals surface area (Å²) in [5.41, 5.74) is 8.33. The molecule has 0 radical (unpaired) electrons. The van der Waals surface area contributed by atoms with Gasteiger partial charge >= 0.3 is 0 Å². The minimum absolute atomic E-state index is 0.0341. The Hall–Kier alpha value is -4.95. The van der Waals surface area contributed by atoms with Crippen LogP contribution in [0.3, 0.4) is 0 Å². The second-order valence-electron chi connectivity index (χ2n) is 11.3. The highest BCUT2D eigenvalue weighted by Gasteiger charge is 2.30. The first-order chi connectivity index (χ1) is 21.1. The average molecular weight is 570 g/mol. The molecule has 1 fully saturated rings. The van der Waals surface area contributed by atoms with Crippen molar-refractivity contribution < 1.29 is 4.79 Å². The van der Waals surface area contributed by atoms with Crippen LogP contribution in [0.15, 0.2) is 97.3 Å². The molecule has 216 valence electrons. The summed E-state index contributed by atoms with van der Waals surface area (Å²) >= 11 is 0. The first-order valence-electron chi connectivity index (χ1n) is 14.9. The summed E-state index contributed by atoms with van der Waals surface area (Å²) in [6.45, 7) is 7.50. The maximum atomic E-state index is 13.3. The van der Waals surface area contributed by atoms with Crippen LogP contribution in [0.25, 0.3) is 22.0 Å². The number of nitrogens with zero attached hydrogens (tertiary/aromatic N) is 4. The van der Waals surface area contributed by atoms with Gasteiger partial charge in [-0.1, -0.05) is 30.3 Å². The molecule has 2 aliphatic heterocycles. The number of carbonyl (C=O) groups is 1. The Morgan fingerprint density at radius 3 is 2.42 bits per heavy atom. The summed E-state index contributed by atoms with van der Waals surface area (Å²) in [6.07, 6.45) is 1.58. The maximum Gasteiger partial charge on any atom is 0.254 e. The molecular weight excluding hydrogens is 534 g/mol. The number of benzene rings is 4. The highest BCUT2D eigenvalue weighted by atomic mass is 16.2. The van der Waals surface area contributed by atoms with Gasteiger partial charge in [-0.15, -0.1) is 0 Å². The number of carbonyl (C=O) groups excluding carboxylic acids is 1. The zero-order valence-electron chi connectivity index (χ0n) is 24.3. The monoisotopic (exact) mass is 569 g/mol. The molecule has 0 aliphatic carbocycles. The number of amides is 1. The van der Waals surface area contributed by atoms with Crippen LogP contribution in [0, 0.1) is 0 Å². The van der Waals surface area contributed by atoms with E-state index in [0.717, 1.165) is 71.0 Å². The molecule has 8 heteroatoms. The summed E-state index contributed by atoms with van der Waals surface area (Å²) < 4.78 is 0. The molecule has 0 saturated carbocycles. The number of hydrogen-bond acceptors (Lipinski definition) is 7. The van der Waals surface area contributed by atoms with Gasteiger partial charge < -0.3 is 25.8 Å². The summed E-state index contributed by atoms with van der Waals surface area (Å²) in [7, 11) is 0. The van der Waals surface area contributed by atoms with Gasteiger partial charge in [0.15, 0.2) is 0 Å². The molecule has 1 atom stereocenters. The zero-order valence-corrected chi connectivity index (χ0v) is 24.3. The number of anilines is 4. The van der Waals surface area contributed by atoms with Crippen LogP contribution in [0.4, 0.5) is 22.9 Å². The number of para-hydroxylation sites is 1. The van der Waals surface area contributed by atoms with Crippen molar-refractivity contribution in [1.29, 1.82) is 0 Å². The lowest BCUT2D eigenvalue weighted by Crippen LogP contribution is -2.43. The highest BCUT2D eigenvalue weighted by Crippen LogP contribution is 2.31. The molecule has 1 unspecified atom stereocenters. The summed E-state index contributed by atoms with van der Waals surface area (Å²) in [4.78, 5) is 26.4. The molecule has 8 nitrogen and oxygen atoms in total.